The highest BCUT2D eigenvalue weighted by atomic mass is 35.5. The predicted molar refractivity (Wildman–Crippen MR) is 76.2 cm³/mol. The lowest BCUT2D eigenvalue weighted by Gasteiger charge is -2.09. The van der Waals surface area contributed by atoms with Crippen LogP contribution < -0.4 is 9.88 Å². The van der Waals surface area contributed by atoms with E-state index in [1.165, 1.54) is 5.56 Å². The van der Waals surface area contributed by atoms with Gasteiger partial charge in [0.1, 0.15) is 0 Å². The second-order valence-corrected chi connectivity index (χ2v) is 4.93. The molecule has 0 spiro atoms. The van der Waals surface area contributed by atoms with E-state index in [0.717, 1.165) is 0 Å². The normalized spacial score (nSPS) is 11.9. The summed E-state index contributed by atoms with van der Waals surface area (Å²) in [5.41, 5.74) is 1.87. The second-order valence-electron chi connectivity index (χ2n) is 4.50. The van der Waals surface area contributed by atoms with Crippen LogP contribution >= 0.6 is 11.6 Å². The molecule has 0 radical (unpaired) electrons. The number of pyridine rings is 1. The zero-order valence-electron chi connectivity index (χ0n) is 10.9. The summed E-state index contributed by atoms with van der Waals surface area (Å²) in [7, 11) is 0. The molecule has 0 aliphatic rings. The van der Waals surface area contributed by atoms with Gasteiger partial charge in [0.2, 0.25) is 6.04 Å². The maximum Gasteiger partial charge on any atom is 0.293 e. The van der Waals surface area contributed by atoms with Crippen molar-refractivity contribution in [1.82, 2.24) is 0 Å². The molecule has 2 aromatic rings. The first-order valence-electron chi connectivity index (χ1n) is 6.10. The number of aromatic nitrogens is 1. The fraction of sp³-hybridized carbons (Fsp3) is 0.200. The van der Waals surface area contributed by atoms with E-state index in [9.17, 15) is 4.79 Å². The van der Waals surface area contributed by atoms with E-state index < -0.39 is 0 Å². The van der Waals surface area contributed by atoms with E-state index in [4.69, 9.17) is 11.6 Å². The van der Waals surface area contributed by atoms with Crippen molar-refractivity contribution in [2.24, 2.45) is 0 Å². The zero-order valence-corrected chi connectivity index (χ0v) is 11.7. The summed E-state index contributed by atoms with van der Waals surface area (Å²) in [6.45, 7) is 3.87. The van der Waals surface area contributed by atoms with E-state index in [1.54, 1.807) is 12.1 Å². The molecule has 3 nitrogen and oxygen atoms in total. The molecular formula is C15H16ClN2O+. The van der Waals surface area contributed by atoms with Gasteiger partial charge in [-0.3, -0.25) is 4.79 Å². The first-order valence-corrected chi connectivity index (χ1v) is 6.48. The van der Waals surface area contributed by atoms with Crippen molar-refractivity contribution in [1.29, 1.82) is 0 Å². The van der Waals surface area contributed by atoms with Gasteiger partial charge in [-0.2, -0.15) is 4.57 Å². The van der Waals surface area contributed by atoms with E-state index in [0.29, 0.717) is 10.7 Å². The fourth-order valence-electron chi connectivity index (χ4n) is 1.72. The van der Waals surface area contributed by atoms with Gasteiger partial charge in [0.25, 0.3) is 5.91 Å². The highest BCUT2D eigenvalue weighted by Crippen LogP contribution is 2.15. The minimum atomic E-state index is -0.278. The summed E-state index contributed by atoms with van der Waals surface area (Å²) in [4.78, 5) is 12.1. The maximum absolute atomic E-state index is 12.1. The Kier molecular flexibility index (Phi) is 4.17. The number of hydrogen-bond acceptors (Lipinski definition) is 1. The van der Waals surface area contributed by atoms with E-state index in [1.807, 2.05) is 55.1 Å². The zero-order chi connectivity index (χ0) is 13.8. The molecule has 19 heavy (non-hydrogen) atoms. The van der Waals surface area contributed by atoms with Crippen LogP contribution in [0.1, 0.15) is 18.5 Å². The number of aryl methyl sites for hydroxylation is 1. The summed E-state index contributed by atoms with van der Waals surface area (Å²) >= 11 is 5.89. The number of amides is 1. The predicted octanol–water partition coefficient (Wildman–Crippen LogP) is 3.14. The van der Waals surface area contributed by atoms with Gasteiger partial charge in [-0.15, -0.1) is 0 Å². The molecule has 0 fully saturated rings. The Morgan fingerprint density at radius 2 is 1.95 bits per heavy atom. The molecule has 0 aliphatic carbocycles. The molecule has 1 aromatic heterocycles. The Morgan fingerprint density at radius 1 is 1.26 bits per heavy atom. The van der Waals surface area contributed by atoms with Crippen LogP contribution in [-0.4, -0.2) is 5.91 Å². The Morgan fingerprint density at radius 3 is 2.58 bits per heavy atom. The molecule has 0 unspecified atom stereocenters. The topological polar surface area (TPSA) is 33.0 Å². The number of benzene rings is 1. The third-order valence-corrected chi connectivity index (χ3v) is 3.17. The largest absolute Gasteiger partial charge is 0.320 e. The summed E-state index contributed by atoms with van der Waals surface area (Å²) in [5, 5.41) is 3.46. The van der Waals surface area contributed by atoms with Crippen molar-refractivity contribution in [3.63, 3.8) is 0 Å². The number of nitrogens with zero attached hydrogens (tertiary/aromatic N) is 1. The molecular weight excluding hydrogens is 260 g/mol. The maximum atomic E-state index is 12.1. The van der Waals surface area contributed by atoms with E-state index in [-0.39, 0.29) is 11.9 Å². The van der Waals surface area contributed by atoms with Crippen LogP contribution in [0.25, 0.3) is 0 Å². The molecule has 4 heteroatoms. The van der Waals surface area contributed by atoms with Crippen molar-refractivity contribution in [3.05, 3.63) is 59.4 Å². The number of carbonyl (C=O) groups excluding carboxylic acids is 1. The van der Waals surface area contributed by atoms with Crippen LogP contribution in [0.5, 0.6) is 0 Å². The molecule has 2 rings (SSSR count). The summed E-state index contributed by atoms with van der Waals surface area (Å²) in [6.07, 6.45) is 3.80. The average molecular weight is 276 g/mol. The molecule has 1 heterocycles. The minimum Gasteiger partial charge on any atom is -0.320 e. The summed E-state index contributed by atoms with van der Waals surface area (Å²) in [6, 6.07) is 10.8. The van der Waals surface area contributed by atoms with Crippen LogP contribution in [0.15, 0.2) is 48.8 Å². The molecule has 0 aliphatic heterocycles. The van der Waals surface area contributed by atoms with Crippen LogP contribution in [0, 0.1) is 6.92 Å². The number of rotatable bonds is 3. The monoisotopic (exact) mass is 275 g/mol. The summed E-state index contributed by atoms with van der Waals surface area (Å²) in [5.74, 6) is -0.0730. The molecule has 1 atom stereocenters. The molecule has 0 bridgehead atoms. The van der Waals surface area contributed by atoms with Crippen LogP contribution in [0.4, 0.5) is 5.69 Å². The molecule has 1 amide bonds. The third kappa shape index (κ3) is 3.55. The smallest absolute Gasteiger partial charge is 0.293 e. The number of halogens is 1. The van der Waals surface area contributed by atoms with Crippen molar-refractivity contribution >= 4 is 23.2 Å². The molecule has 98 valence electrons. The number of carbonyl (C=O) groups is 1. The van der Waals surface area contributed by atoms with Gasteiger partial charge >= 0.3 is 0 Å². The first kappa shape index (κ1) is 13.6. The summed E-state index contributed by atoms with van der Waals surface area (Å²) < 4.78 is 1.87. The van der Waals surface area contributed by atoms with Gasteiger partial charge in [-0.25, -0.2) is 0 Å². The SMILES string of the molecule is Cc1cc[n+]([C@H](C)C(=O)Nc2cccc(Cl)c2)cc1. The standard InChI is InChI=1S/C15H15ClN2O/c1-11-6-8-18(9-7-11)12(2)15(19)17-14-5-3-4-13(16)10-14/h3-10,12H,1-2H3/p+1/t12-/m1/s1. The van der Waals surface area contributed by atoms with Gasteiger partial charge in [0.15, 0.2) is 12.4 Å². The Bertz CT molecular complexity index is 581. The van der Waals surface area contributed by atoms with Crippen molar-refractivity contribution < 1.29 is 9.36 Å². The Labute approximate surface area is 117 Å². The van der Waals surface area contributed by atoms with Crippen LogP contribution in [-0.2, 0) is 4.79 Å². The van der Waals surface area contributed by atoms with Gasteiger partial charge in [-0.05, 0) is 30.7 Å². The van der Waals surface area contributed by atoms with Gasteiger partial charge < -0.3 is 5.32 Å². The van der Waals surface area contributed by atoms with Gasteiger partial charge in [0.05, 0.1) is 0 Å². The quantitative estimate of drug-likeness (QED) is 0.858. The lowest BCUT2D eigenvalue weighted by atomic mass is 10.2. The lowest BCUT2D eigenvalue weighted by Crippen LogP contribution is -2.43. The molecule has 0 saturated carbocycles. The Balaban J connectivity index is 2.09. The highest BCUT2D eigenvalue weighted by molar-refractivity contribution is 6.30. The van der Waals surface area contributed by atoms with E-state index in [2.05, 4.69) is 5.32 Å². The van der Waals surface area contributed by atoms with Crippen LogP contribution in [0.2, 0.25) is 5.02 Å². The first-order chi connectivity index (χ1) is 9.06. The average Bonchev–Trinajstić information content (AvgIpc) is 2.39. The lowest BCUT2D eigenvalue weighted by molar-refractivity contribution is -0.705. The number of hydrogen-bond donors (Lipinski definition) is 1. The van der Waals surface area contributed by atoms with Crippen molar-refractivity contribution in [3.8, 4) is 0 Å². The third-order valence-electron chi connectivity index (χ3n) is 2.94. The molecule has 1 aromatic carbocycles. The molecule has 0 saturated heterocycles. The van der Waals surface area contributed by atoms with Gasteiger partial charge in [-0.1, -0.05) is 17.7 Å². The van der Waals surface area contributed by atoms with Crippen molar-refractivity contribution in [2.45, 2.75) is 19.9 Å². The van der Waals surface area contributed by atoms with Crippen molar-refractivity contribution in [2.75, 3.05) is 5.32 Å². The Hall–Kier alpha value is -1.87. The number of nitrogens with one attached hydrogen (secondary N) is 1. The molecule has 1 N–H and O–H groups in total. The van der Waals surface area contributed by atoms with Crippen LogP contribution in [0.3, 0.4) is 0 Å². The second kappa shape index (κ2) is 5.85. The fourth-order valence-corrected chi connectivity index (χ4v) is 1.91. The van der Waals surface area contributed by atoms with Gasteiger partial charge in [0, 0.05) is 29.8 Å². The minimum absolute atomic E-state index is 0.0730. The van der Waals surface area contributed by atoms with E-state index >= 15 is 0 Å². The highest BCUT2D eigenvalue weighted by Gasteiger charge is 2.21. The number of anilines is 1.